The molecular weight excluding hydrogens is 198 g/mol. The molecule has 16 heavy (non-hydrogen) atoms. The SMILES string of the molecule is CCC1CCCC(C(=O)O)C1C(=O)O.[H-].[H-].[Li+].[Li+]. The molecule has 1 fully saturated rings. The zero-order valence-corrected chi connectivity index (χ0v) is 10.3. The van der Waals surface area contributed by atoms with Gasteiger partial charge in [0, 0.05) is 0 Å². The maximum Gasteiger partial charge on any atom is 1.00 e. The van der Waals surface area contributed by atoms with Gasteiger partial charge in [-0.1, -0.05) is 19.8 Å². The van der Waals surface area contributed by atoms with Gasteiger partial charge >= 0.3 is 49.7 Å². The summed E-state index contributed by atoms with van der Waals surface area (Å²) in [6.45, 7) is 1.92. The molecule has 4 nitrogen and oxygen atoms in total. The van der Waals surface area contributed by atoms with Crippen LogP contribution in [0.5, 0.6) is 0 Å². The van der Waals surface area contributed by atoms with E-state index in [2.05, 4.69) is 0 Å². The third-order valence-electron chi connectivity index (χ3n) is 3.16. The number of hydrogen-bond acceptors (Lipinski definition) is 2. The van der Waals surface area contributed by atoms with Crippen molar-refractivity contribution < 1.29 is 60.4 Å². The van der Waals surface area contributed by atoms with Gasteiger partial charge in [0.15, 0.2) is 0 Å². The van der Waals surface area contributed by atoms with Crippen LogP contribution in [-0.4, -0.2) is 22.2 Å². The molecule has 3 unspecified atom stereocenters. The molecule has 0 radical (unpaired) electrons. The van der Waals surface area contributed by atoms with Crippen molar-refractivity contribution >= 4 is 11.9 Å². The summed E-state index contributed by atoms with van der Waals surface area (Å²) < 4.78 is 0. The van der Waals surface area contributed by atoms with Crippen LogP contribution in [0.15, 0.2) is 0 Å². The van der Waals surface area contributed by atoms with E-state index in [1.165, 1.54) is 0 Å². The minimum atomic E-state index is -0.962. The van der Waals surface area contributed by atoms with E-state index >= 15 is 0 Å². The van der Waals surface area contributed by atoms with Crippen molar-refractivity contribution in [2.24, 2.45) is 17.8 Å². The Morgan fingerprint density at radius 3 is 2.12 bits per heavy atom. The first-order valence-corrected chi connectivity index (χ1v) is 5.03. The third kappa shape index (κ3) is 4.19. The van der Waals surface area contributed by atoms with Crippen LogP contribution in [0.1, 0.15) is 35.5 Å². The molecule has 0 aromatic rings. The van der Waals surface area contributed by atoms with Crippen LogP contribution in [0.3, 0.4) is 0 Å². The van der Waals surface area contributed by atoms with Crippen LogP contribution in [0, 0.1) is 17.8 Å². The molecular formula is C10H18Li2O4. The van der Waals surface area contributed by atoms with Gasteiger partial charge in [0.2, 0.25) is 0 Å². The van der Waals surface area contributed by atoms with E-state index in [1.54, 1.807) is 0 Å². The van der Waals surface area contributed by atoms with Crippen molar-refractivity contribution in [2.75, 3.05) is 0 Å². The van der Waals surface area contributed by atoms with Gasteiger partial charge in [0.1, 0.15) is 0 Å². The summed E-state index contributed by atoms with van der Waals surface area (Å²) >= 11 is 0. The Bertz CT molecular complexity index is 254. The van der Waals surface area contributed by atoms with Crippen molar-refractivity contribution in [1.29, 1.82) is 0 Å². The van der Waals surface area contributed by atoms with Gasteiger partial charge < -0.3 is 13.1 Å². The smallest absolute Gasteiger partial charge is 1.00 e. The minimum Gasteiger partial charge on any atom is -1.00 e. The normalized spacial score (nSPS) is 28.4. The quantitative estimate of drug-likeness (QED) is 0.469. The van der Waals surface area contributed by atoms with Crippen molar-refractivity contribution in [1.82, 2.24) is 0 Å². The Morgan fingerprint density at radius 1 is 1.19 bits per heavy atom. The average molecular weight is 216 g/mol. The molecule has 0 amide bonds. The number of carbonyl (C=O) groups is 2. The molecule has 6 heteroatoms. The predicted octanol–water partition coefficient (Wildman–Crippen LogP) is -4.17. The second-order valence-corrected chi connectivity index (χ2v) is 3.91. The summed E-state index contributed by atoms with van der Waals surface area (Å²) in [6, 6.07) is 0. The molecule has 1 saturated carbocycles. The van der Waals surface area contributed by atoms with Crippen LogP contribution < -0.4 is 37.7 Å². The second kappa shape index (κ2) is 8.26. The summed E-state index contributed by atoms with van der Waals surface area (Å²) in [7, 11) is 0. The number of aliphatic carboxylic acids is 2. The first-order valence-electron chi connectivity index (χ1n) is 5.03. The first-order chi connectivity index (χ1) is 6.57. The maximum absolute atomic E-state index is 11.0. The molecule has 1 aliphatic rings. The largest absolute Gasteiger partial charge is 1.00 e. The molecule has 0 heterocycles. The molecule has 0 saturated heterocycles. The van der Waals surface area contributed by atoms with Gasteiger partial charge in [-0.25, -0.2) is 0 Å². The Morgan fingerprint density at radius 2 is 1.75 bits per heavy atom. The Labute approximate surface area is 122 Å². The van der Waals surface area contributed by atoms with Crippen LogP contribution >= 0.6 is 0 Å². The van der Waals surface area contributed by atoms with E-state index < -0.39 is 23.8 Å². The molecule has 3 atom stereocenters. The molecule has 84 valence electrons. The predicted molar refractivity (Wildman–Crippen MR) is 52.1 cm³/mol. The topological polar surface area (TPSA) is 74.6 Å². The van der Waals surface area contributed by atoms with Gasteiger partial charge in [0.25, 0.3) is 0 Å². The zero-order chi connectivity index (χ0) is 10.7. The molecule has 0 spiro atoms. The summed E-state index contributed by atoms with van der Waals surface area (Å²) in [5.74, 6) is -3.26. The molecule has 0 aromatic heterocycles. The molecule has 0 bridgehead atoms. The van der Waals surface area contributed by atoms with Crippen molar-refractivity contribution in [3.63, 3.8) is 0 Å². The van der Waals surface area contributed by atoms with E-state index in [9.17, 15) is 9.59 Å². The number of carboxylic acid groups (broad SMARTS) is 2. The van der Waals surface area contributed by atoms with E-state index in [1.807, 2.05) is 6.92 Å². The monoisotopic (exact) mass is 216 g/mol. The minimum absolute atomic E-state index is 0. The van der Waals surface area contributed by atoms with Crippen molar-refractivity contribution in [2.45, 2.75) is 32.6 Å². The van der Waals surface area contributed by atoms with Gasteiger partial charge in [-0.15, -0.1) is 0 Å². The fourth-order valence-corrected chi connectivity index (χ4v) is 2.40. The van der Waals surface area contributed by atoms with Gasteiger partial charge in [0.05, 0.1) is 11.8 Å². The third-order valence-corrected chi connectivity index (χ3v) is 3.16. The number of hydrogen-bond donors (Lipinski definition) is 2. The summed E-state index contributed by atoms with van der Waals surface area (Å²) in [6.07, 6.45) is 2.93. The Kier molecular flexibility index (Phi) is 9.55. The summed E-state index contributed by atoms with van der Waals surface area (Å²) in [5, 5.41) is 17.9. The van der Waals surface area contributed by atoms with Gasteiger partial charge in [-0.3, -0.25) is 9.59 Å². The second-order valence-electron chi connectivity index (χ2n) is 3.91. The molecule has 0 aromatic carbocycles. The first kappa shape index (κ1) is 18.5. The molecule has 0 aliphatic heterocycles. The van der Waals surface area contributed by atoms with Crippen molar-refractivity contribution in [3.8, 4) is 0 Å². The molecule has 2 N–H and O–H groups in total. The van der Waals surface area contributed by atoms with E-state index in [4.69, 9.17) is 10.2 Å². The van der Waals surface area contributed by atoms with Crippen LogP contribution in [0.2, 0.25) is 0 Å². The van der Waals surface area contributed by atoms with E-state index in [0.29, 0.717) is 6.42 Å². The fourth-order valence-electron chi connectivity index (χ4n) is 2.40. The van der Waals surface area contributed by atoms with Crippen LogP contribution in [0.4, 0.5) is 0 Å². The van der Waals surface area contributed by atoms with Crippen LogP contribution in [-0.2, 0) is 9.59 Å². The summed E-state index contributed by atoms with van der Waals surface area (Å²) in [5.41, 5.74) is 0. The van der Waals surface area contributed by atoms with Gasteiger partial charge in [-0.2, -0.15) is 0 Å². The van der Waals surface area contributed by atoms with Gasteiger partial charge in [-0.05, 0) is 18.8 Å². The zero-order valence-electron chi connectivity index (χ0n) is 12.3. The fraction of sp³-hybridized carbons (Fsp3) is 0.800. The number of rotatable bonds is 3. The summed E-state index contributed by atoms with van der Waals surface area (Å²) in [4.78, 5) is 21.8. The maximum atomic E-state index is 11.0. The Balaban J connectivity index is -0.000000245. The molecule has 1 rings (SSSR count). The van der Waals surface area contributed by atoms with E-state index in [0.717, 1.165) is 19.3 Å². The van der Waals surface area contributed by atoms with E-state index in [-0.39, 0.29) is 46.5 Å². The average Bonchev–Trinajstić information content (AvgIpc) is 2.16. The number of carboxylic acids is 2. The van der Waals surface area contributed by atoms with Crippen molar-refractivity contribution in [3.05, 3.63) is 0 Å². The van der Waals surface area contributed by atoms with Crippen LogP contribution in [0.25, 0.3) is 0 Å². The molecule has 1 aliphatic carbocycles. The standard InChI is InChI=1S/C10H16O4.2Li.2H/c1-2-6-4-3-5-7(9(11)12)8(6)10(13)14;;;;/h6-8H,2-5H2,1H3,(H,11,12)(H,13,14);;;;/q;2*+1;2*-1. The Hall–Kier alpha value is 0.135.